The minimum absolute atomic E-state index is 0.0351. The van der Waals surface area contributed by atoms with Gasteiger partial charge in [0.15, 0.2) is 0 Å². The van der Waals surface area contributed by atoms with Gasteiger partial charge >= 0.3 is 5.97 Å². The second-order valence-electron chi connectivity index (χ2n) is 6.99. The van der Waals surface area contributed by atoms with Crippen molar-refractivity contribution in [1.82, 2.24) is 9.80 Å². The van der Waals surface area contributed by atoms with E-state index in [2.05, 4.69) is 0 Å². The summed E-state index contributed by atoms with van der Waals surface area (Å²) < 4.78 is 0. The lowest BCUT2D eigenvalue weighted by atomic mass is 9.89. The van der Waals surface area contributed by atoms with E-state index in [1.807, 2.05) is 30.3 Å². The molecule has 2 atom stereocenters. The third kappa shape index (κ3) is 3.67. The number of rotatable bonds is 3. The van der Waals surface area contributed by atoms with E-state index < -0.39 is 11.9 Å². The number of likely N-dealkylation sites (tertiary alicyclic amines) is 2. The molecule has 0 spiro atoms. The van der Waals surface area contributed by atoms with Gasteiger partial charge in [0.2, 0.25) is 11.8 Å². The highest BCUT2D eigenvalue weighted by Gasteiger charge is 2.42. The second kappa shape index (κ2) is 7.25. The molecule has 25 heavy (non-hydrogen) atoms. The zero-order chi connectivity index (χ0) is 18.0. The highest BCUT2D eigenvalue weighted by Crippen LogP contribution is 2.34. The summed E-state index contributed by atoms with van der Waals surface area (Å²) in [6.07, 6.45) is 1.31. The van der Waals surface area contributed by atoms with Crippen molar-refractivity contribution in [2.75, 3.05) is 26.2 Å². The molecule has 0 unspecified atom stereocenters. The van der Waals surface area contributed by atoms with Crippen molar-refractivity contribution < 1.29 is 19.5 Å². The van der Waals surface area contributed by atoms with Crippen LogP contribution in [0.1, 0.15) is 31.2 Å². The molecule has 0 radical (unpaired) electrons. The zero-order valence-electron chi connectivity index (χ0n) is 14.4. The van der Waals surface area contributed by atoms with Crippen molar-refractivity contribution in [3.05, 3.63) is 35.9 Å². The lowest BCUT2D eigenvalue weighted by molar-refractivity contribution is -0.143. The first kappa shape index (κ1) is 17.5. The standard InChI is InChI=1S/C19H24N2O4/c1-13(22)20-9-7-15(8-10-20)18(23)21-11-16(17(12-21)19(24)25)14-5-3-2-4-6-14/h2-6,15-17H,7-12H2,1H3,(H,24,25)/t16-,17+/m0/s1. The van der Waals surface area contributed by atoms with Crippen LogP contribution in [0.4, 0.5) is 0 Å². The van der Waals surface area contributed by atoms with Gasteiger partial charge in [-0.05, 0) is 18.4 Å². The molecule has 2 fully saturated rings. The monoisotopic (exact) mass is 344 g/mol. The van der Waals surface area contributed by atoms with Crippen molar-refractivity contribution in [3.8, 4) is 0 Å². The lowest BCUT2D eigenvalue weighted by Gasteiger charge is -2.32. The normalized spacial score (nSPS) is 24.4. The SMILES string of the molecule is CC(=O)N1CCC(C(=O)N2C[C@@H](C(=O)O)[C@H](c3ccccc3)C2)CC1. The predicted octanol–water partition coefficient (Wildman–Crippen LogP) is 1.57. The number of benzene rings is 1. The number of carbonyl (C=O) groups excluding carboxylic acids is 2. The van der Waals surface area contributed by atoms with E-state index in [0.717, 1.165) is 5.56 Å². The predicted molar refractivity (Wildman–Crippen MR) is 91.9 cm³/mol. The molecule has 1 N–H and O–H groups in total. The van der Waals surface area contributed by atoms with Crippen molar-refractivity contribution in [3.63, 3.8) is 0 Å². The fourth-order valence-electron chi connectivity index (χ4n) is 3.97. The zero-order valence-corrected chi connectivity index (χ0v) is 14.4. The van der Waals surface area contributed by atoms with Gasteiger partial charge in [0.05, 0.1) is 5.92 Å². The maximum Gasteiger partial charge on any atom is 0.308 e. The van der Waals surface area contributed by atoms with Crippen LogP contribution in [0.25, 0.3) is 0 Å². The fourth-order valence-corrected chi connectivity index (χ4v) is 3.97. The van der Waals surface area contributed by atoms with E-state index in [4.69, 9.17) is 0 Å². The van der Waals surface area contributed by atoms with Crippen LogP contribution in [0.15, 0.2) is 30.3 Å². The molecule has 3 rings (SSSR count). The number of amides is 2. The van der Waals surface area contributed by atoms with Crippen LogP contribution in [0, 0.1) is 11.8 Å². The Morgan fingerprint density at radius 2 is 1.64 bits per heavy atom. The Hall–Kier alpha value is -2.37. The van der Waals surface area contributed by atoms with Crippen LogP contribution in [-0.4, -0.2) is 58.9 Å². The first-order valence-corrected chi connectivity index (χ1v) is 8.79. The summed E-state index contributed by atoms with van der Waals surface area (Å²) in [5.41, 5.74) is 0.969. The molecule has 1 aromatic rings. The number of carboxylic acid groups (broad SMARTS) is 1. The van der Waals surface area contributed by atoms with E-state index in [-0.39, 0.29) is 30.2 Å². The number of aliphatic carboxylic acids is 1. The number of carbonyl (C=O) groups is 3. The first-order valence-electron chi connectivity index (χ1n) is 8.79. The fraction of sp³-hybridized carbons (Fsp3) is 0.526. The van der Waals surface area contributed by atoms with Crippen LogP contribution in [-0.2, 0) is 14.4 Å². The highest BCUT2D eigenvalue weighted by molar-refractivity contribution is 5.82. The molecule has 6 heteroatoms. The Morgan fingerprint density at radius 1 is 1.00 bits per heavy atom. The lowest BCUT2D eigenvalue weighted by Crippen LogP contribution is -2.43. The number of nitrogens with zero attached hydrogens (tertiary/aromatic N) is 2. The largest absolute Gasteiger partial charge is 0.481 e. The van der Waals surface area contributed by atoms with Gasteiger partial charge in [-0.15, -0.1) is 0 Å². The molecule has 0 saturated carbocycles. The van der Waals surface area contributed by atoms with Gasteiger partial charge in [-0.2, -0.15) is 0 Å². The summed E-state index contributed by atoms with van der Waals surface area (Å²) in [4.78, 5) is 39.4. The first-order chi connectivity index (χ1) is 12.0. The maximum atomic E-state index is 12.9. The van der Waals surface area contributed by atoms with Gasteiger partial charge in [0.1, 0.15) is 0 Å². The molecular formula is C19H24N2O4. The molecular weight excluding hydrogens is 320 g/mol. The average Bonchev–Trinajstić information content (AvgIpc) is 3.07. The summed E-state index contributed by atoms with van der Waals surface area (Å²) in [6, 6.07) is 9.56. The van der Waals surface area contributed by atoms with Gasteiger partial charge in [0.25, 0.3) is 0 Å². The van der Waals surface area contributed by atoms with Crippen LogP contribution in [0.3, 0.4) is 0 Å². The third-order valence-corrected chi connectivity index (χ3v) is 5.47. The van der Waals surface area contributed by atoms with E-state index in [1.165, 1.54) is 0 Å². The minimum atomic E-state index is -0.851. The summed E-state index contributed by atoms with van der Waals surface area (Å²) >= 11 is 0. The Kier molecular flexibility index (Phi) is 5.06. The van der Waals surface area contributed by atoms with E-state index >= 15 is 0 Å². The van der Waals surface area contributed by atoms with Crippen LogP contribution >= 0.6 is 0 Å². The third-order valence-electron chi connectivity index (χ3n) is 5.47. The Bertz CT molecular complexity index is 653. The van der Waals surface area contributed by atoms with Crippen molar-refractivity contribution >= 4 is 17.8 Å². The van der Waals surface area contributed by atoms with Gasteiger partial charge in [0, 0.05) is 44.9 Å². The van der Waals surface area contributed by atoms with Gasteiger partial charge in [-0.1, -0.05) is 30.3 Å². The highest BCUT2D eigenvalue weighted by atomic mass is 16.4. The van der Waals surface area contributed by atoms with Crippen molar-refractivity contribution in [1.29, 1.82) is 0 Å². The van der Waals surface area contributed by atoms with E-state index in [0.29, 0.717) is 32.5 Å². The Balaban J connectivity index is 1.68. The molecule has 0 aliphatic carbocycles. The van der Waals surface area contributed by atoms with Crippen molar-refractivity contribution in [2.45, 2.75) is 25.7 Å². The average molecular weight is 344 g/mol. The van der Waals surface area contributed by atoms with Gasteiger partial charge < -0.3 is 14.9 Å². The van der Waals surface area contributed by atoms with E-state index in [1.54, 1.807) is 16.7 Å². The van der Waals surface area contributed by atoms with Crippen molar-refractivity contribution in [2.24, 2.45) is 11.8 Å². The molecule has 2 heterocycles. The van der Waals surface area contributed by atoms with E-state index in [9.17, 15) is 19.5 Å². The molecule has 2 aliphatic rings. The quantitative estimate of drug-likeness (QED) is 0.903. The molecule has 0 bridgehead atoms. The van der Waals surface area contributed by atoms with Crippen LogP contribution in [0.5, 0.6) is 0 Å². The molecule has 6 nitrogen and oxygen atoms in total. The number of piperidine rings is 1. The van der Waals surface area contributed by atoms with Gasteiger partial charge in [-0.25, -0.2) is 0 Å². The molecule has 0 aromatic heterocycles. The second-order valence-corrected chi connectivity index (χ2v) is 6.99. The van der Waals surface area contributed by atoms with Crippen LogP contribution in [0.2, 0.25) is 0 Å². The van der Waals surface area contributed by atoms with Gasteiger partial charge in [-0.3, -0.25) is 14.4 Å². The number of hydrogen-bond donors (Lipinski definition) is 1. The molecule has 1 aromatic carbocycles. The minimum Gasteiger partial charge on any atom is -0.481 e. The summed E-state index contributed by atoms with van der Waals surface area (Å²) in [7, 11) is 0. The summed E-state index contributed by atoms with van der Waals surface area (Å²) in [6.45, 7) is 3.46. The topological polar surface area (TPSA) is 77.9 Å². The molecule has 134 valence electrons. The number of carboxylic acids is 1. The Labute approximate surface area is 147 Å². The molecule has 2 amide bonds. The summed E-state index contributed by atoms with van der Waals surface area (Å²) in [5, 5.41) is 9.57. The molecule has 2 aliphatic heterocycles. The summed E-state index contributed by atoms with van der Waals surface area (Å²) in [5.74, 6) is -1.62. The Morgan fingerprint density at radius 3 is 2.20 bits per heavy atom. The maximum absolute atomic E-state index is 12.9. The van der Waals surface area contributed by atoms with Crippen LogP contribution < -0.4 is 0 Å². The smallest absolute Gasteiger partial charge is 0.308 e. The molecule has 2 saturated heterocycles. The number of hydrogen-bond acceptors (Lipinski definition) is 3.